The van der Waals surface area contributed by atoms with Crippen LogP contribution >= 0.6 is 0 Å². The highest BCUT2D eigenvalue weighted by atomic mass is 16.5. The average Bonchev–Trinajstić information content (AvgIpc) is 2.80. The van der Waals surface area contributed by atoms with Crippen molar-refractivity contribution in [2.75, 3.05) is 6.61 Å². The minimum absolute atomic E-state index is 0.00769. The molecule has 0 aliphatic rings. The van der Waals surface area contributed by atoms with Gasteiger partial charge < -0.3 is 4.74 Å². The minimum atomic E-state index is -0.133. The quantitative estimate of drug-likeness (QED) is 0.754. The summed E-state index contributed by atoms with van der Waals surface area (Å²) in [6.07, 6.45) is 0.932. The molecule has 0 N–H and O–H groups in total. The summed E-state index contributed by atoms with van der Waals surface area (Å²) in [4.78, 5) is 12.6. The van der Waals surface area contributed by atoms with Gasteiger partial charge in [0.05, 0.1) is 5.69 Å². The van der Waals surface area contributed by atoms with Gasteiger partial charge in [0.25, 0.3) is 5.91 Å². The van der Waals surface area contributed by atoms with Crippen LogP contribution in [0.4, 0.5) is 0 Å². The summed E-state index contributed by atoms with van der Waals surface area (Å²) in [5, 5.41) is 4.44. The lowest BCUT2D eigenvalue weighted by atomic mass is 10.0. The lowest BCUT2D eigenvalue weighted by molar-refractivity contribution is 0.0817. The maximum Gasteiger partial charge on any atom is 0.284 e. The highest BCUT2D eigenvalue weighted by Gasteiger charge is 2.18. The molecule has 1 aromatic carbocycles. The van der Waals surface area contributed by atoms with Crippen LogP contribution in [-0.2, 0) is 6.42 Å². The first kappa shape index (κ1) is 19.2. The zero-order valence-electron chi connectivity index (χ0n) is 16.5. The third kappa shape index (κ3) is 4.50. The zero-order valence-corrected chi connectivity index (χ0v) is 16.5. The second-order valence-electron chi connectivity index (χ2n) is 7.54. The standard InChI is InChI=1S/C21H30N2O2/c1-13(2)10-19-16(6)22-23(17(19)7)21(24)12-25-20-11-15(5)8-9-18(20)14(3)4/h8-9,11,13-14H,10,12H2,1-7H3. The van der Waals surface area contributed by atoms with Crippen molar-refractivity contribution in [3.63, 3.8) is 0 Å². The van der Waals surface area contributed by atoms with Crippen molar-refractivity contribution in [2.45, 2.75) is 60.8 Å². The summed E-state index contributed by atoms with van der Waals surface area (Å²) in [6.45, 7) is 14.5. The van der Waals surface area contributed by atoms with Gasteiger partial charge in [-0.05, 0) is 61.8 Å². The van der Waals surface area contributed by atoms with Crippen molar-refractivity contribution in [2.24, 2.45) is 5.92 Å². The summed E-state index contributed by atoms with van der Waals surface area (Å²) >= 11 is 0. The Bertz CT molecular complexity index is 757. The molecule has 2 aromatic rings. The molecule has 4 heteroatoms. The van der Waals surface area contributed by atoms with Gasteiger partial charge in [-0.15, -0.1) is 0 Å². The summed E-state index contributed by atoms with van der Waals surface area (Å²) in [7, 11) is 0. The van der Waals surface area contributed by atoms with E-state index in [1.807, 2.05) is 26.8 Å². The molecular formula is C21H30N2O2. The minimum Gasteiger partial charge on any atom is -0.483 e. The van der Waals surface area contributed by atoms with E-state index in [-0.39, 0.29) is 12.5 Å². The molecule has 4 nitrogen and oxygen atoms in total. The number of aromatic nitrogens is 2. The molecule has 0 saturated carbocycles. The van der Waals surface area contributed by atoms with E-state index in [9.17, 15) is 4.79 Å². The van der Waals surface area contributed by atoms with E-state index in [0.29, 0.717) is 11.8 Å². The van der Waals surface area contributed by atoms with E-state index >= 15 is 0 Å². The van der Waals surface area contributed by atoms with E-state index in [1.54, 1.807) is 0 Å². The first-order valence-electron chi connectivity index (χ1n) is 9.02. The van der Waals surface area contributed by atoms with E-state index in [0.717, 1.165) is 34.7 Å². The number of ether oxygens (including phenoxy) is 1. The average molecular weight is 342 g/mol. The van der Waals surface area contributed by atoms with E-state index in [2.05, 4.69) is 44.9 Å². The summed E-state index contributed by atoms with van der Waals surface area (Å²) in [6, 6.07) is 6.14. The van der Waals surface area contributed by atoms with Gasteiger partial charge in [0, 0.05) is 5.69 Å². The topological polar surface area (TPSA) is 44.1 Å². The third-order valence-electron chi connectivity index (χ3n) is 4.43. The number of carbonyl (C=O) groups is 1. The zero-order chi connectivity index (χ0) is 18.7. The van der Waals surface area contributed by atoms with Crippen LogP contribution in [0.25, 0.3) is 0 Å². The van der Waals surface area contributed by atoms with Crippen LogP contribution in [-0.4, -0.2) is 22.3 Å². The fourth-order valence-electron chi connectivity index (χ4n) is 3.07. The van der Waals surface area contributed by atoms with Crippen LogP contribution in [0, 0.1) is 26.7 Å². The van der Waals surface area contributed by atoms with E-state index in [4.69, 9.17) is 4.74 Å². The summed E-state index contributed by atoms with van der Waals surface area (Å²) in [5.74, 6) is 1.53. The first-order valence-corrected chi connectivity index (χ1v) is 9.02. The Morgan fingerprint density at radius 2 is 1.84 bits per heavy atom. The molecule has 2 rings (SSSR count). The largest absolute Gasteiger partial charge is 0.483 e. The Morgan fingerprint density at radius 3 is 2.44 bits per heavy atom. The fourth-order valence-corrected chi connectivity index (χ4v) is 3.07. The number of nitrogens with zero attached hydrogens (tertiary/aromatic N) is 2. The third-order valence-corrected chi connectivity index (χ3v) is 4.43. The van der Waals surface area contributed by atoms with Gasteiger partial charge in [0.2, 0.25) is 0 Å². The molecule has 25 heavy (non-hydrogen) atoms. The van der Waals surface area contributed by atoms with Gasteiger partial charge in [0.15, 0.2) is 6.61 Å². The molecule has 0 aliphatic heterocycles. The number of aryl methyl sites for hydroxylation is 2. The normalized spacial score (nSPS) is 11.4. The Hall–Kier alpha value is -2.10. The van der Waals surface area contributed by atoms with Crippen molar-refractivity contribution in [3.05, 3.63) is 46.3 Å². The molecule has 136 valence electrons. The van der Waals surface area contributed by atoms with Gasteiger partial charge in [-0.2, -0.15) is 5.10 Å². The molecule has 0 atom stereocenters. The molecular weight excluding hydrogens is 312 g/mol. The Kier molecular flexibility index (Phi) is 6.04. The van der Waals surface area contributed by atoms with Crippen LogP contribution in [0.1, 0.15) is 66.5 Å². The number of hydrogen-bond acceptors (Lipinski definition) is 3. The van der Waals surface area contributed by atoms with Gasteiger partial charge >= 0.3 is 0 Å². The predicted molar refractivity (Wildman–Crippen MR) is 102 cm³/mol. The van der Waals surface area contributed by atoms with Crippen molar-refractivity contribution < 1.29 is 9.53 Å². The highest BCUT2D eigenvalue weighted by Crippen LogP contribution is 2.27. The molecule has 0 aliphatic carbocycles. The van der Waals surface area contributed by atoms with Crippen molar-refractivity contribution in [1.29, 1.82) is 0 Å². The Balaban J connectivity index is 2.18. The lowest BCUT2D eigenvalue weighted by Gasteiger charge is -2.14. The number of rotatable bonds is 6. The number of benzene rings is 1. The fraction of sp³-hybridized carbons (Fsp3) is 0.524. The predicted octanol–water partition coefficient (Wildman–Crippen LogP) is 4.85. The molecule has 0 saturated heterocycles. The van der Waals surface area contributed by atoms with Gasteiger partial charge in [-0.25, -0.2) is 4.68 Å². The molecule has 0 spiro atoms. The lowest BCUT2D eigenvalue weighted by Crippen LogP contribution is -2.22. The van der Waals surface area contributed by atoms with E-state index < -0.39 is 0 Å². The number of hydrogen-bond donors (Lipinski definition) is 0. The highest BCUT2D eigenvalue weighted by molar-refractivity contribution is 5.80. The van der Waals surface area contributed by atoms with Crippen LogP contribution in [0.3, 0.4) is 0 Å². The smallest absolute Gasteiger partial charge is 0.284 e. The molecule has 0 unspecified atom stereocenters. The van der Waals surface area contributed by atoms with Crippen LogP contribution in [0.5, 0.6) is 5.75 Å². The summed E-state index contributed by atoms with van der Waals surface area (Å²) < 4.78 is 7.37. The van der Waals surface area contributed by atoms with Gasteiger partial charge in [-0.3, -0.25) is 4.79 Å². The maximum atomic E-state index is 12.6. The molecule has 1 aromatic heterocycles. The second kappa shape index (κ2) is 7.85. The van der Waals surface area contributed by atoms with Crippen molar-refractivity contribution in [3.8, 4) is 5.75 Å². The van der Waals surface area contributed by atoms with Gasteiger partial charge in [0.1, 0.15) is 5.75 Å². The van der Waals surface area contributed by atoms with Crippen LogP contribution in [0.2, 0.25) is 0 Å². The monoisotopic (exact) mass is 342 g/mol. The Morgan fingerprint density at radius 1 is 1.16 bits per heavy atom. The number of carbonyl (C=O) groups excluding carboxylic acids is 1. The van der Waals surface area contributed by atoms with Crippen LogP contribution < -0.4 is 4.74 Å². The molecule has 1 heterocycles. The summed E-state index contributed by atoms with van der Waals surface area (Å²) in [5.41, 5.74) is 5.26. The molecule has 0 radical (unpaired) electrons. The first-order chi connectivity index (χ1) is 11.7. The van der Waals surface area contributed by atoms with Crippen molar-refractivity contribution in [1.82, 2.24) is 9.78 Å². The Labute approximate surface area is 151 Å². The van der Waals surface area contributed by atoms with E-state index in [1.165, 1.54) is 10.2 Å². The van der Waals surface area contributed by atoms with Gasteiger partial charge in [-0.1, -0.05) is 39.8 Å². The second-order valence-corrected chi connectivity index (χ2v) is 7.54. The molecule has 0 bridgehead atoms. The molecule has 0 amide bonds. The van der Waals surface area contributed by atoms with Crippen molar-refractivity contribution >= 4 is 5.91 Å². The maximum absolute atomic E-state index is 12.6. The molecule has 0 fully saturated rings. The SMILES string of the molecule is Cc1ccc(C(C)C)c(OCC(=O)n2nc(C)c(CC(C)C)c2C)c1. The van der Waals surface area contributed by atoms with Crippen LogP contribution in [0.15, 0.2) is 18.2 Å².